The second-order valence-corrected chi connectivity index (χ2v) is 12.6. The second-order valence-electron chi connectivity index (χ2n) is 9.90. The maximum Gasteiger partial charge on any atom is 0.500 e. The number of azo groups is 1. The van der Waals surface area contributed by atoms with Crippen LogP contribution in [0.2, 0.25) is 6.04 Å². The number of unbranched alkanes of at least 4 members (excludes halogenated alkanes) is 5. The van der Waals surface area contributed by atoms with Crippen LogP contribution in [0.5, 0.6) is 5.75 Å². The Labute approximate surface area is 248 Å². The minimum Gasteiger partial charge on any atom is -0.490 e. The van der Waals surface area contributed by atoms with E-state index in [0.717, 1.165) is 61.7 Å². The molecule has 0 aliphatic rings. The normalized spacial score (nSPS) is 12.5. The number of nitrogens with zero attached hydrogens (tertiary/aromatic N) is 2. The summed E-state index contributed by atoms with van der Waals surface area (Å²) in [6, 6.07) is 18.3. The first-order chi connectivity index (χ1) is 20.0. The molecule has 0 aliphatic carbocycles. The fourth-order valence-electron chi connectivity index (χ4n) is 4.58. The molecule has 0 spiro atoms. The summed E-state index contributed by atoms with van der Waals surface area (Å²) in [5.74, 6) is 0.878. The number of rotatable bonds is 23. The number of ether oxygens (including phenoxy) is 1. The third-order valence-corrected chi connectivity index (χ3v) is 9.79. The van der Waals surface area contributed by atoms with Crippen LogP contribution in [-0.4, -0.2) is 47.2 Å². The third-order valence-electron chi connectivity index (χ3n) is 6.64. The lowest BCUT2D eigenvalue weighted by Crippen LogP contribution is -2.45. The van der Waals surface area contributed by atoms with E-state index >= 15 is 0 Å². The number of carbonyl (C=O) groups excluding carboxylic acids is 1. The zero-order valence-electron chi connectivity index (χ0n) is 25.6. The monoisotopic (exact) mass is 585 g/mol. The van der Waals surface area contributed by atoms with Gasteiger partial charge in [0.1, 0.15) is 11.9 Å². The van der Waals surface area contributed by atoms with Gasteiger partial charge in [0.15, 0.2) is 0 Å². The molecule has 0 aliphatic heterocycles. The molecule has 0 fully saturated rings. The fraction of sp³-hybridized carbons (Fsp3) is 0.594. The molecule has 0 radical (unpaired) electrons. The first kappa shape index (κ1) is 34.6. The van der Waals surface area contributed by atoms with Crippen molar-refractivity contribution in [3.8, 4) is 5.75 Å². The molecule has 1 unspecified atom stereocenters. The standard InChI is InChI=1S/C32H51N3O5Si/c1-5-32(36)33-26-25-30(40-31-23-21-29(22-24-31)35-34-28-18-14-13-15-19-28)20-16-11-9-10-12-17-27-41(37-6-2,38-7-3)39-8-4/h13-15,18-19,21-24,30H,5-12,16-17,20,25-27H2,1-4H3,(H,33,36). The van der Waals surface area contributed by atoms with Crippen LogP contribution in [0.4, 0.5) is 11.4 Å². The average Bonchev–Trinajstić information content (AvgIpc) is 2.98. The highest BCUT2D eigenvalue weighted by Crippen LogP contribution is 2.24. The maximum absolute atomic E-state index is 11.7. The molecule has 0 saturated heterocycles. The van der Waals surface area contributed by atoms with E-state index in [4.69, 9.17) is 18.0 Å². The van der Waals surface area contributed by atoms with Crippen LogP contribution in [0.15, 0.2) is 64.8 Å². The highest BCUT2D eigenvalue weighted by Gasteiger charge is 2.39. The number of nitrogens with one attached hydrogen (secondary N) is 1. The van der Waals surface area contributed by atoms with E-state index in [1.165, 1.54) is 12.8 Å². The lowest BCUT2D eigenvalue weighted by molar-refractivity contribution is -0.120. The smallest absolute Gasteiger partial charge is 0.490 e. The van der Waals surface area contributed by atoms with Gasteiger partial charge < -0.3 is 23.3 Å². The van der Waals surface area contributed by atoms with Crippen molar-refractivity contribution in [3.63, 3.8) is 0 Å². The van der Waals surface area contributed by atoms with Gasteiger partial charge in [0.25, 0.3) is 0 Å². The van der Waals surface area contributed by atoms with Gasteiger partial charge in [-0.1, -0.05) is 50.8 Å². The van der Waals surface area contributed by atoms with Crippen molar-refractivity contribution >= 4 is 26.1 Å². The number of carbonyl (C=O) groups is 1. The first-order valence-electron chi connectivity index (χ1n) is 15.5. The molecular formula is C32H51N3O5Si. The largest absolute Gasteiger partial charge is 0.500 e. The van der Waals surface area contributed by atoms with Gasteiger partial charge in [-0.3, -0.25) is 4.79 Å². The molecule has 0 bridgehead atoms. The van der Waals surface area contributed by atoms with Crippen LogP contribution in [-0.2, 0) is 18.1 Å². The lowest BCUT2D eigenvalue weighted by Gasteiger charge is -2.28. The molecule has 8 nitrogen and oxygen atoms in total. The van der Waals surface area contributed by atoms with Crippen LogP contribution in [0.25, 0.3) is 0 Å². The van der Waals surface area contributed by atoms with Gasteiger partial charge in [-0.15, -0.1) is 0 Å². The van der Waals surface area contributed by atoms with Gasteiger partial charge in [-0.05, 0) is 76.4 Å². The molecule has 9 heteroatoms. The van der Waals surface area contributed by atoms with Gasteiger partial charge >= 0.3 is 8.80 Å². The van der Waals surface area contributed by atoms with E-state index in [9.17, 15) is 4.79 Å². The van der Waals surface area contributed by atoms with Crippen molar-refractivity contribution in [2.75, 3.05) is 26.4 Å². The fourth-order valence-corrected chi connectivity index (χ4v) is 7.26. The van der Waals surface area contributed by atoms with Crippen LogP contribution >= 0.6 is 0 Å². The minimum atomic E-state index is -2.53. The van der Waals surface area contributed by atoms with E-state index in [1.54, 1.807) is 0 Å². The predicted octanol–water partition coefficient (Wildman–Crippen LogP) is 8.54. The Hall–Kier alpha value is -2.59. The number of amides is 1. The van der Waals surface area contributed by atoms with E-state index < -0.39 is 8.80 Å². The molecule has 0 saturated carbocycles. The molecule has 41 heavy (non-hydrogen) atoms. The van der Waals surface area contributed by atoms with Crippen LogP contribution < -0.4 is 10.1 Å². The van der Waals surface area contributed by atoms with Crippen molar-refractivity contribution in [2.24, 2.45) is 10.2 Å². The first-order valence-corrected chi connectivity index (χ1v) is 17.4. The maximum atomic E-state index is 11.7. The summed E-state index contributed by atoms with van der Waals surface area (Å²) in [5, 5.41) is 11.6. The second kappa shape index (κ2) is 21.2. The molecule has 0 aromatic heterocycles. The van der Waals surface area contributed by atoms with Crippen LogP contribution in [0.1, 0.15) is 85.5 Å². The Morgan fingerprint density at radius 2 is 1.29 bits per heavy atom. The summed E-state index contributed by atoms with van der Waals surface area (Å²) in [5.41, 5.74) is 1.59. The Morgan fingerprint density at radius 1 is 0.732 bits per heavy atom. The van der Waals surface area contributed by atoms with E-state index in [1.807, 2.05) is 82.3 Å². The number of benzene rings is 2. The third kappa shape index (κ3) is 14.7. The predicted molar refractivity (Wildman–Crippen MR) is 167 cm³/mol. The number of hydrogen-bond acceptors (Lipinski definition) is 7. The molecule has 1 N–H and O–H groups in total. The quantitative estimate of drug-likeness (QED) is 0.0801. The van der Waals surface area contributed by atoms with E-state index in [-0.39, 0.29) is 12.0 Å². The van der Waals surface area contributed by atoms with Crippen molar-refractivity contribution in [1.29, 1.82) is 0 Å². The minimum absolute atomic E-state index is 0.0409. The van der Waals surface area contributed by atoms with Gasteiger partial charge in [0.05, 0.1) is 11.4 Å². The highest BCUT2D eigenvalue weighted by atomic mass is 28.4. The molecule has 0 heterocycles. The molecule has 2 aromatic rings. The van der Waals surface area contributed by atoms with Gasteiger partial charge in [-0.25, -0.2) is 0 Å². The molecule has 2 rings (SSSR count). The zero-order valence-corrected chi connectivity index (χ0v) is 26.6. The van der Waals surface area contributed by atoms with Gasteiger partial charge in [0.2, 0.25) is 5.91 Å². The molecule has 228 valence electrons. The summed E-state index contributed by atoms with van der Waals surface area (Å²) in [6.07, 6.45) is 9.10. The highest BCUT2D eigenvalue weighted by molar-refractivity contribution is 6.60. The summed E-state index contributed by atoms with van der Waals surface area (Å²) < 4.78 is 24.2. The molecule has 1 amide bonds. The Bertz CT molecular complexity index is 958. The van der Waals surface area contributed by atoms with Crippen molar-refractivity contribution in [2.45, 2.75) is 97.6 Å². The number of hydrogen-bond donors (Lipinski definition) is 1. The van der Waals surface area contributed by atoms with Crippen molar-refractivity contribution in [1.82, 2.24) is 5.32 Å². The summed E-state index contributed by atoms with van der Waals surface area (Å²) in [7, 11) is -2.53. The molecular weight excluding hydrogens is 534 g/mol. The lowest BCUT2D eigenvalue weighted by atomic mass is 10.1. The summed E-state index contributed by atoms with van der Waals surface area (Å²) in [6.45, 7) is 10.4. The summed E-state index contributed by atoms with van der Waals surface area (Å²) >= 11 is 0. The molecule has 2 aromatic carbocycles. The average molecular weight is 586 g/mol. The van der Waals surface area contributed by atoms with Crippen molar-refractivity contribution in [3.05, 3.63) is 54.6 Å². The topological polar surface area (TPSA) is 90.7 Å². The van der Waals surface area contributed by atoms with Crippen molar-refractivity contribution < 1.29 is 22.8 Å². The summed E-state index contributed by atoms with van der Waals surface area (Å²) in [4.78, 5) is 11.7. The van der Waals surface area contributed by atoms with Gasteiger partial charge in [-0.2, -0.15) is 10.2 Å². The zero-order chi connectivity index (χ0) is 29.6. The van der Waals surface area contributed by atoms with E-state index in [2.05, 4.69) is 15.5 Å². The Balaban J connectivity index is 1.78. The Morgan fingerprint density at radius 3 is 1.88 bits per heavy atom. The SMILES string of the molecule is CCO[Si](CCCCCCCCC(CCNC(=O)CC)Oc1ccc(N=Nc2ccccc2)cc1)(OCC)OCC. The van der Waals surface area contributed by atoms with E-state index in [0.29, 0.717) is 32.8 Å². The van der Waals surface area contributed by atoms with Crippen LogP contribution in [0.3, 0.4) is 0 Å². The van der Waals surface area contributed by atoms with Crippen LogP contribution in [0, 0.1) is 0 Å². The molecule has 1 atom stereocenters. The van der Waals surface area contributed by atoms with Gasteiger partial charge in [0, 0.05) is 45.3 Å². The Kier molecular flexibility index (Phi) is 17.9.